The van der Waals surface area contributed by atoms with E-state index in [1.165, 1.54) is 6.07 Å². The molecular weight excluding hydrogens is 386 g/mol. The van der Waals surface area contributed by atoms with Gasteiger partial charge in [0.2, 0.25) is 0 Å². The van der Waals surface area contributed by atoms with Crippen LogP contribution < -0.4 is 10.2 Å². The first-order chi connectivity index (χ1) is 14.4. The number of aryl methyl sites for hydroxylation is 2. The van der Waals surface area contributed by atoms with Gasteiger partial charge in [-0.05, 0) is 43.2 Å². The number of nitrogens with zero attached hydrogens (tertiary/aromatic N) is 1. The number of imide groups is 1. The van der Waals surface area contributed by atoms with Crippen molar-refractivity contribution in [1.29, 1.82) is 0 Å². The van der Waals surface area contributed by atoms with Gasteiger partial charge in [-0.15, -0.1) is 0 Å². The molecule has 0 saturated carbocycles. The van der Waals surface area contributed by atoms with Gasteiger partial charge in [-0.1, -0.05) is 48.0 Å². The van der Waals surface area contributed by atoms with Crippen LogP contribution in [0.3, 0.4) is 0 Å². The maximum absolute atomic E-state index is 13.8. The summed E-state index contributed by atoms with van der Waals surface area (Å²) >= 11 is 0. The van der Waals surface area contributed by atoms with Crippen LogP contribution in [0.1, 0.15) is 16.7 Å². The van der Waals surface area contributed by atoms with Crippen molar-refractivity contribution in [2.24, 2.45) is 0 Å². The smallest absolute Gasteiger partial charge is 0.282 e. The Morgan fingerprint density at radius 1 is 0.800 bits per heavy atom. The summed E-state index contributed by atoms with van der Waals surface area (Å²) in [4.78, 5) is 27.3. The Morgan fingerprint density at radius 2 is 1.53 bits per heavy atom. The van der Waals surface area contributed by atoms with Gasteiger partial charge in [0.25, 0.3) is 11.8 Å². The van der Waals surface area contributed by atoms with Crippen LogP contribution in [0.25, 0.3) is 5.57 Å². The molecule has 3 aromatic carbocycles. The van der Waals surface area contributed by atoms with Gasteiger partial charge in [0.15, 0.2) is 11.6 Å². The molecule has 1 aliphatic rings. The monoisotopic (exact) mass is 404 g/mol. The first kappa shape index (κ1) is 19.5. The van der Waals surface area contributed by atoms with Gasteiger partial charge >= 0.3 is 0 Å². The fourth-order valence-electron chi connectivity index (χ4n) is 3.47. The van der Waals surface area contributed by atoms with E-state index in [2.05, 4.69) is 5.32 Å². The molecule has 4 rings (SSSR count). The van der Waals surface area contributed by atoms with Crippen molar-refractivity contribution >= 4 is 28.8 Å². The standard InChI is InChI=1S/C24H18F2N2O2/c1-14-8-11-20(15(2)12-14)27-22-21(16-6-4-3-5-7-16)23(29)28(24(22)30)17-9-10-18(25)19(26)13-17/h3-13,27H,1-2H3. The van der Waals surface area contributed by atoms with Gasteiger partial charge in [-0.25, -0.2) is 13.7 Å². The summed E-state index contributed by atoms with van der Waals surface area (Å²) in [5, 5.41) is 3.09. The zero-order chi connectivity index (χ0) is 21.4. The summed E-state index contributed by atoms with van der Waals surface area (Å²) in [5.41, 5.74) is 3.42. The first-order valence-electron chi connectivity index (χ1n) is 9.34. The first-order valence-corrected chi connectivity index (χ1v) is 9.34. The second-order valence-corrected chi connectivity index (χ2v) is 7.10. The Balaban J connectivity index is 1.83. The predicted octanol–water partition coefficient (Wildman–Crippen LogP) is 4.98. The quantitative estimate of drug-likeness (QED) is 0.624. The fourth-order valence-corrected chi connectivity index (χ4v) is 3.47. The van der Waals surface area contributed by atoms with E-state index in [9.17, 15) is 18.4 Å². The van der Waals surface area contributed by atoms with E-state index in [0.29, 0.717) is 11.3 Å². The molecule has 0 aliphatic carbocycles. The lowest BCUT2D eigenvalue weighted by Crippen LogP contribution is -2.32. The number of nitrogens with one attached hydrogen (secondary N) is 1. The maximum Gasteiger partial charge on any atom is 0.282 e. The molecule has 0 unspecified atom stereocenters. The lowest BCUT2D eigenvalue weighted by atomic mass is 10.0. The average molecular weight is 404 g/mol. The van der Waals surface area contributed by atoms with Crippen LogP contribution in [0, 0.1) is 25.5 Å². The number of benzene rings is 3. The molecule has 6 heteroatoms. The highest BCUT2D eigenvalue weighted by Crippen LogP contribution is 2.34. The zero-order valence-corrected chi connectivity index (χ0v) is 16.4. The number of hydrogen-bond acceptors (Lipinski definition) is 3. The minimum absolute atomic E-state index is 0.0326. The normalized spacial score (nSPS) is 13.9. The van der Waals surface area contributed by atoms with E-state index in [-0.39, 0.29) is 17.0 Å². The van der Waals surface area contributed by atoms with Gasteiger partial charge < -0.3 is 5.32 Å². The van der Waals surface area contributed by atoms with Crippen LogP contribution in [0.15, 0.2) is 72.4 Å². The molecule has 0 spiro atoms. The van der Waals surface area contributed by atoms with E-state index in [0.717, 1.165) is 28.2 Å². The fraction of sp³-hybridized carbons (Fsp3) is 0.0833. The Kier molecular flexibility index (Phi) is 4.91. The minimum Gasteiger partial charge on any atom is -0.350 e. The topological polar surface area (TPSA) is 49.4 Å². The summed E-state index contributed by atoms with van der Waals surface area (Å²) in [7, 11) is 0. The van der Waals surface area contributed by atoms with Gasteiger partial charge in [-0.3, -0.25) is 9.59 Å². The third-order valence-electron chi connectivity index (χ3n) is 4.95. The number of halogens is 2. The molecule has 3 aromatic rings. The van der Waals surface area contributed by atoms with Crippen molar-refractivity contribution in [1.82, 2.24) is 0 Å². The molecule has 2 amide bonds. The lowest BCUT2D eigenvalue weighted by molar-refractivity contribution is -0.120. The highest BCUT2D eigenvalue weighted by Gasteiger charge is 2.40. The predicted molar refractivity (Wildman–Crippen MR) is 112 cm³/mol. The molecule has 1 heterocycles. The molecule has 30 heavy (non-hydrogen) atoms. The molecule has 0 fully saturated rings. The number of amides is 2. The molecule has 0 bridgehead atoms. The van der Waals surface area contributed by atoms with Crippen LogP contribution in [0.5, 0.6) is 0 Å². The summed E-state index contributed by atoms with van der Waals surface area (Å²) in [6, 6.07) is 17.4. The Labute approximate surface area is 172 Å². The van der Waals surface area contributed by atoms with E-state index in [4.69, 9.17) is 0 Å². The summed E-state index contributed by atoms with van der Waals surface area (Å²) in [6.07, 6.45) is 0. The van der Waals surface area contributed by atoms with Crippen molar-refractivity contribution in [3.8, 4) is 0 Å². The summed E-state index contributed by atoms with van der Waals surface area (Å²) < 4.78 is 27.2. The number of rotatable bonds is 4. The van der Waals surface area contributed by atoms with Gasteiger partial charge in [0.1, 0.15) is 5.70 Å². The van der Waals surface area contributed by atoms with Crippen LogP contribution in [0.4, 0.5) is 20.2 Å². The Morgan fingerprint density at radius 3 is 2.20 bits per heavy atom. The molecule has 4 nitrogen and oxygen atoms in total. The molecule has 1 N–H and O–H groups in total. The van der Waals surface area contributed by atoms with Crippen molar-refractivity contribution in [2.75, 3.05) is 10.2 Å². The second kappa shape index (κ2) is 7.55. The largest absolute Gasteiger partial charge is 0.350 e. The number of carbonyl (C=O) groups excluding carboxylic acids is 2. The van der Waals surface area contributed by atoms with Crippen molar-refractivity contribution in [3.63, 3.8) is 0 Å². The number of anilines is 2. The van der Waals surface area contributed by atoms with Crippen molar-refractivity contribution in [2.45, 2.75) is 13.8 Å². The van der Waals surface area contributed by atoms with Gasteiger partial charge in [0.05, 0.1) is 11.3 Å². The molecular formula is C24H18F2N2O2. The van der Waals surface area contributed by atoms with Crippen LogP contribution in [-0.4, -0.2) is 11.8 Å². The summed E-state index contributed by atoms with van der Waals surface area (Å²) in [6.45, 7) is 3.85. The Bertz CT molecular complexity index is 1200. The number of hydrogen-bond donors (Lipinski definition) is 1. The van der Waals surface area contributed by atoms with Crippen molar-refractivity contribution < 1.29 is 18.4 Å². The SMILES string of the molecule is Cc1ccc(NC2=C(c3ccccc3)C(=O)N(c3ccc(F)c(F)c3)C2=O)c(C)c1. The van der Waals surface area contributed by atoms with E-state index in [1.54, 1.807) is 30.3 Å². The maximum atomic E-state index is 13.8. The minimum atomic E-state index is -1.13. The molecule has 0 atom stereocenters. The van der Waals surface area contributed by atoms with Crippen LogP contribution in [0.2, 0.25) is 0 Å². The molecule has 1 aliphatic heterocycles. The average Bonchev–Trinajstić information content (AvgIpc) is 2.96. The highest BCUT2D eigenvalue weighted by molar-refractivity contribution is 6.46. The van der Waals surface area contributed by atoms with Gasteiger partial charge in [0, 0.05) is 11.8 Å². The third kappa shape index (κ3) is 3.37. The number of carbonyl (C=O) groups is 2. The molecule has 0 radical (unpaired) electrons. The zero-order valence-electron chi connectivity index (χ0n) is 16.4. The molecule has 0 saturated heterocycles. The molecule has 150 valence electrons. The third-order valence-corrected chi connectivity index (χ3v) is 4.95. The van der Waals surface area contributed by atoms with E-state index >= 15 is 0 Å². The second-order valence-electron chi connectivity index (χ2n) is 7.10. The highest BCUT2D eigenvalue weighted by atomic mass is 19.2. The lowest BCUT2D eigenvalue weighted by Gasteiger charge is -2.16. The van der Waals surface area contributed by atoms with Crippen LogP contribution >= 0.6 is 0 Å². The van der Waals surface area contributed by atoms with Gasteiger partial charge in [-0.2, -0.15) is 0 Å². The van der Waals surface area contributed by atoms with E-state index < -0.39 is 23.4 Å². The Hall–Kier alpha value is -3.80. The van der Waals surface area contributed by atoms with Crippen LogP contribution in [-0.2, 0) is 9.59 Å². The van der Waals surface area contributed by atoms with E-state index in [1.807, 2.05) is 32.0 Å². The van der Waals surface area contributed by atoms with Crippen molar-refractivity contribution in [3.05, 3.63) is 101 Å². The summed E-state index contributed by atoms with van der Waals surface area (Å²) in [5.74, 6) is -3.43. The molecule has 0 aromatic heterocycles.